The van der Waals surface area contributed by atoms with Gasteiger partial charge in [0.05, 0.1) is 37.5 Å². The molecule has 0 unspecified atom stereocenters. The lowest BCUT2D eigenvalue weighted by molar-refractivity contribution is 0.616. The molecule has 262 valence electrons. The first kappa shape index (κ1) is 43.5. The SMILES string of the molecule is CC(C)(C)[Si](C)(C[Si]1([Si](C)(C(C)(C)C)C(C)(C)C)[Si]([Si](C)(C(C)(C)C)C(C)(C)C)=[Si]1[Si](C)(C(C)(C)C)C(C)(C)C)C(C)(C)C. The molecule has 0 radical (unpaired) electrons. The van der Waals surface area contributed by atoms with Crippen LogP contribution in [0.2, 0.25) is 72.2 Å². The fourth-order valence-corrected chi connectivity index (χ4v) is 305. The molecule has 0 spiro atoms. The standard InChI is InChI=1S/C37H86Si7/c1-30(2,3)40(25,31(4,5)6)29-44(43(28,36(19,20)21)37(22,23)24)38(41(26,32(7,8)9)33(10,11)12)39(44)42(27,34(13,14)15)35(16,17)18/h29H2,1-28H3. The predicted molar refractivity (Wildman–Crippen MR) is 226 cm³/mol. The minimum atomic E-state index is -1.86. The summed E-state index contributed by atoms with van der Waals surface area (Å²) >= 11 is 0. The van der Waals surface area contributed by atoms with Crippen molar-refractivity contribution in [3.05, 3.63) is 0 Å². The van der Waals surface area contributed by atoms with Gasteiger partial charge in [-0.2, -0.15) is 0 Å². The highest BCUT2D eigenvalue weighted by atomic mass is 30.4. The molecule has 0 amide bonds. The second-order valence-electron chi connectivity index (χ2n) is 24.5. The summed E-state index contributed by atoms with van der Waals surface area (Å²) in [6, 6.07) is 0. The minimum Gasteiger partial charge on any atom is -0.0703 e. The van der Waals surface area contributed by atoms with E-state index in [9.17, 15) is 0 Å². The largest absolute Gasteiger partial charge is 0.0703 e. The smallest absolute Gasteiger partial charge is 0.0635 e. The molecule has 1 aliphatic rings. The molecular weight excluding hydrogens is 641 g/mol. The Labute approximate surface area is 288 Å². The fraction of sp³-hybridized carbons (Fsp3) is 1.00. The topological polar surface area (TPSA) is 0 Å². The van der Waals surface area contributed by atoms with Crippen LogP contribution in [0.1, 0.15) is 166 Å². The molecule has 0 aromatic rings. The molecule has 0 saturated heterocycles. The van der Waals surface area contributed by atoms with Crippen LogP contribution in [-0.2, 0) is 0 Å². The highest BCUT2D eigenvalue weighted by Gasteiger charge is 2.82. The Bertz CT molecular complexity index is 998. The quantitative estimate of drug-likeness (QED) is 0.247. The van der Waals surface area contributed by atoms with Crippen molar-refractivity contribution in [2.75, 3.05) is 0 Å². The molecule has 0 nitrogen and oxygen atoms in total. The third-order valence-corrected chi connectivity index (χ3v) is 163. The third kappa shape index (κ3) is 6.00. The molecule has 0 bridgehead atoms. The van der Waals surface area contributed by atoms with Crippen molar-refractivity contribution in [1.29, 1.82) is 0 Å². The summed E-state index contributed by atoms with van der Waals surface area (Å²) in [5.74, 6) is 0. The van der Waals surface area contributed by atoms with E-state index in [1.165, 1.54) is 0 Å². The van der Waals surface area contributed by atoms with E-state index in [-0.39, 0.29) is 0 Å². The van der Waals surface area contributed by atoms with Gasteiger partial charge in [0.2, 0.25) is 0 Å². The van der Waals surface area contributed by atoms with Crippen LogP contribution in [0.4, 0.5) is 0 Å². The lowest BCUT2D eigenvalue weighted by Crippen LogP contribution is -2.77. The van der Waals surface area contributed by atoms with Gasteiger partial charge in [-0.25, -0.2) is 0 Å². The summed E-state index contributed by atoms with van der Waals surface area (Å²) in [6.07, 6.45) is 0. The maximum atomic E-state index is 3.09. The van der Waals surface area contributed by atoms with Gasteiger partial charge < -0.3 is 0 Å². The zero-order valence-corrected chi connectivity index (χ0v) is 43.2. The Balaban J connectivity index is 5.05. The van der Waals surface area contributed by atoms with Crippen LogP contribution in [0.15, 0.2) is 0 Å². The Morgan fingerprint density at radius 1 is 0.341 bits per heavy atom. The van der Waals surface area contributed by atoms with Gasteiger partial charge in [-0.1, -0.05) is 198 Å². The average molecular weight is 728 g/mol. The van der Waals surface area contributed by atoms with Gasteiger partial charge in [-0.3, -0.25) is 0 Å². The monoisotopic (exact) mass is 727 g/mol. The maximum absolute atomic E-state index is 3.09. The van der Waals surface area contributed by atoms with Crippen molar-refractivity contribution in [3.8, 4) is 0 Å². The van der Waals surface area contributed by atoms with E-state index in [0.717, 1.165) is 0 Å². The van der Waals surface area contributed by atoms with E-state index >= 15 is 0 Å². The molecule has 1 heterocycles. The summed E-state index contributed by atoms with van der Waals surface area (Å²) in [5.41, 5.74) is 1.75. The molecule has 1 rings (SSSR count). The lowest BCUT2D eigenvalue weighted by atomic mass is 10.2. The first-order valence-corrected chi connectivity index (χ1v) is 39.6. The van der Waals surface area contributed by atoms with Gasteiger partial charge in [-0.15, -0.1) is 0 Å². The van der Waals surface area contributed by atoms with E-state index in [1.54, 1.807) is 5.67 Å². The molecule has 0 aliphatic carbocycles. The molecule has 0 atom stereocenters. The minimum absolute atomic E-state index is 0.404. The van der Waals surface area contributed by atoms with Crippen LogP contribution in [-0.4, -0.2) is 51.3 Å². The van der Waals surface area contributed by atoms with Gasteiger partial charge in [-0.05, 0) is 54.2 Å². The molecule has 0 fully saturated rings. The van der Waals surface area contributed by atoms with E-state index in [1.807, 2.05) is 0 Å². The van der Waals surface area contributed by atoms with E-state index in [0.29, 0.717) is 40.3 Å². The molecular formula is C37H86Si7. The van der Waals surface area contributed by atoms with Crippen LogP contribution in [0, 0.1) is 0 Å². The molecule has 0 aromatic carbocycles. The Hall–Kier alpha value is 1.52. The van der Waals surface area contributed by atoms with Gasteiger partial charge in [0.25, 0.3) is 0 Å². The normalized spacial score (nSPS) is 19.1. The van der Waals surface area contributed by atoms with E-state index < -0.39 is 51.3 Å². The van der Waals surface area contributed by atoms with Gasteiger partial charge in [0.15, 0.2) is 0 Å². The van der Waals surface area contributed by atoms with Crippen molar-refractivity contribution in [2.24, 2.45) is 0 Å². The summed E-state index contributed by atoms with van der Waals surface area (Å²) in [4.78, 5) is 0. The van der Waals surface area contributed by atoms with Gasteiger partial charge in [0, 0.05) is 0 Å². The van der Waals surface area contributed by atoms with Crippen molar-refractivity contribution in [1.82, 2.24) is 0 Å². The summed E-state index contributed by atoms with van der Waals surface area (Å²) in [7, 11) is -7.18. The Morgan fingerprint density at radius 3 is 0.682 bits per heavy atom. The van der Waals surface area contributed by atoms with Gasteiger partial charge >= 0.3 is 0 Å². The van der Waals surface area contributed by atoms with Crippen LogP contribution < -0.4 is 0 Å². The van der Waals surface area contributed by atoms with Crippen LogP contribution in [0.5, 0.6) is 0 Å². The van der Waals surface area contributed by atoms with E-state index in [4.69, 9.17) is 0 Å². The highest BCUT2D eigenvalue weighted by Crippen LogP contribution is 2.70. The predicted octanol–water partition coefficient (Wildman–Crippen LogP) is 14.2. The molecule has 7 heteroatoms. The van der Waals surface area contributed by atoms with Crippen molar-refractivity contribution in [3.63, 3.8) is 0 Å². The van der Waals surface area contributed by atoms with Crippen molar-refractivity contribution >= 4 is 51.3 Å². The average Bonchev–Trinajstić information content (AvgIpc) is 3.34. The highest BCUT2D eigenvalue weighted by molar-refractivity contribution is 8.19. The second-order valence-corrected chi connectivity index (χ2v) is 89.9. The zero-order chi connectivity index (χ0) is 36.4. The van der Waals surface area contributed by atoms with Crippen LogP contribution in [0.25, 0.3) is 0 Å². The summed E-state index contributed by atoms with van der Waals surface area (Å²) < 4.78 is 0. The second kappa shape index (κ2) is 11.3. The zero-order valence-electron chi connectivity index (χ0n) is 36.2. The maximum Gasteiger partial charge on any atom is 0.0635 e. The Morgan fingerprint density at radius 2 is 0.545 bits per heavy atom. The number of hydrogen-bond donors (Lipinski definition) is 0. The number of hydrogen-bond acceptors (Lipinski definition) is 0. The summed E-state index contributed by atoms with van der Waals surface area (Å²) in [6.45, 7) is 74.9. The first-order valence-electron chi connectivity index (χ1n) is 18.2. The molecule has 0 N–H and O–H groups in total. The molecule has 1 aliphatic heterocycles. The first-order chi connectivity index (χ1) is 18.4. The fourth-order valence-electron chi connectivity index (χ4n) is 10.9. The third-order valence-electron chi connectivity index (χ3n) is 15.8. The number of rotatable bonds is 5. The lowest BCUT2D eigenvalue weighted by Gasteiger charge is -2.64. The molecule has 44 heavy (non-hydrogen) atoms. The van der Waals surface area contributed by atoms with E-state index in [2.05, 4.69) is 192 Å². The van der Waals surface area contributed by atoms with Gasteiger partial charge in [0.1, 0.15) is 0 Å². The van der Waals surface area contributed by atoms with Crippen molar-refractivity contribution < 1.29 is 0 Å². The summed E-state index contributed by atoms with van der Waals surface area (Å²) in [5, 5.41) is 3.37. The Kier molecular flexibility index (Phi) is 11.1. The van der Waals surface area contributed by atoms with Crippen molar-refractivity contribution in [2.45, 2.75) is 238 Å². The molecule has 0 saturated carbocycles. The van der Waals surface area contributed by atoms with Crippen LogP contribution >= 0.6 is 0 Å². The molecule has 0 aromatic heterocycles. The van der Waals surface area contributed by atoms with Crippen LogP contribution in [0.3, 0.4) is 0 Å².